The molecule has 214 valence electrons. The average Bonchev–Trinajstić information content (AvgIpc) is 2.95. The summed E-state index contributed by atoms with van der Waals surface area (Å²) in [6.07, 6.45) is 3.71. The van der Waals surface area contributed by atoms with Crippen molar-refractivity contribution in [2.75, 3.05) is 18.1 Å². The lowest BCUT2D eigenvalue weighted by atomic mass is 10.1. The summed E-state index contributed by atoms with van der Waals surface area (Å²) in [5.41, 5.74) is 5.60. The van der Waals surface area contributed by atoms with Gasteiger partial charge in [0.1, 0.15) is 17.2 Å². The quantitative estimate of drug-likeness (QED) is 0.145. The molecule has 2 aromatic carbocycles. The number of allylic oxidation sites excluding steroid dienone is 2. The van der Waals surface area contributed by atoms with Gasteiger partial charge in [0.05, 0.1) is 24.6 Å². The molecular formula is C31H37F3N4O2. The minimum Gasteiger partial charge on any atom is -0.494 e. The van der Waals surface area contributed by atoms with Crippen LogP contribution in [0.15, 0.2) is 78.6 Å². The van der Waals surface area contributed by atoms with Crippen LogP contribution in [0.5, 0.6) is 11.5 Å². The van der Waals surface area contributed by atoms with E-state index in [2.05, 4.69) is 18.8 Å². The smallest absolute Gasteiger partial charge is 0.430 e. The van der Waals surface area contributed by atoms with Gasteiger partial charge >= 0.3 is 6.18 Å². The van der Waals surface area contributed by atoms with Crippen LogP contribution < -0.4 is 20.1 Å². The van der Waals surface area contributed by atoms with Crippen molar-refractivity contribution in [3.05, 3.63) is 84.3 Å². The van der Waals surface area contributed by atoms with Crippen LogP contribution in [0.1, 0.15) is 58.1 Å². The Morgan fingerprint density at radius 2 is 1.32 bits per heavy atom. The normalized spacial score (nSPS) is 11.8. The van der Waals surface area contributed by atoms with E-state index in [1.807, 2.05) is 53.4 Å². The molecule has 0 aliphatic carbocycles. The summed E-state index contributed by atoms with van der Waals surface area (Å²) < 4.78 is 50.5. The Balaban J connectivity index is 1.92. The number of rotatable bonds is 15. The molecule has 0 bridgehead atoms. The summed E-state index contributed by atoms with van der Waals surface area (Å²) in [6, 6.07) is 18.5. The minimum absolute atomic E-state index is 0.0569. The van der Waals surface area contributed by atoms with Crippen LogP contribution in [-0.2, 0) is 0 Å². The van der Waals surface area contributed by atoms with Gasteiger partial charge in [-0.3, -0.25) is 10.4 Å². The molecular weight excluding hydrogens is 517 g/mol. The van der Waals surface area contributed by atoms with Crippen molar-refractivity contribution >= 4 is 22.8 Å². The molecule has 0 radical (unpaired) electrons. The summed E-state index contributed by atoms with van der Waals surface area (Å²) in [5, 5.41) is 8.16. The zero-order valence-corrected chi connectivity index (χ0v) is 23.0. The van der Waals surface area contributed by atoms with Crippen LogP contribution >= 0.6 is 0 Å². The van der Waals surface area contributed by atoms with Gasteiger partial charge in [0.25, 0.3) is 0 Å². The van der Waals surface area contributed by atoms with E-state index in [9.17, 15) is 13.2 Å². The largest absolute Gasteiger partial charge is 0.494 e. The average molecular weight is 555 g/mol. The van der Waals surface area contributed by atoms with E-state index in [1.54, 1.807) is 12.1 Å². The Morgan fingerprint density at radius 3 is 1.77 bits per heavy atom. The second-order valence-electron chi connectivity index (χ2n) is 9.34. The number of anilines is 3. The number of halogens is 3. The number of nitrogens with one attached hydrogen (secondary N) is 1. The second kappa shape index (κ2) is 15.0. The first kappa shape index (κ1) is 30.5. The molecule has 0 unspecified atom stereocenters. The predicted octanol–water partition coefficient (Wildman–Crippen LogP) is 8.46. The van der Waals surface area contributed by atoms with Crippen LogP contribution in [0.4, 0.5) is 30.2 Å². The van der Waals surface area contributed by atoms with Crippen LogP contribution in [0.2, 0.25) is 0 Å². The van der Waals surface area contributed by atoms with E-state index in [0.29, 0.717) is 25.0 Å². The van der Waals surface area contributed by atoms with Crippen LogP contribution in [-0.4, -0.2) is 30.1 Å². The number of aromatic nitrogens is 1. The maximum absolute atomic E-state index is 12.9. The molecule has 3 N–H and O–H groups in total. The molecule has 9 heteroatoms. The minimum atomic E-state index is -4.73. The van der Waals surface area contributed by atoms with Gasteiger partial charge in [-0.1, -0.05) is 39.5 Å². The lowest BCUT2D eigenvalue weighted by molar-refractivity contribution is -0.0925. The molecule has 0 aliphatic rings. The number of unbranched alkanes of at least 4 members (excludes halogenated alkanes) is 4. The molecule has 0 atom stereocenters. The van der Waals surface area contributed by atoms with Crippen molar-refractivity contribution in [1.82, 2.24) is 4.98 Å². The zero-order valence-electron chi connectivity index (χ0n) is 23.0. The molecule has 1 aromatic heterocycles. The van der Waals surface area contributed by atoms with E-state index >= 15 is 0 Å². The number of nitrogens with two attached hydrogens (primary N) is 1. The van der Waals surface area contributed by atoms with E-state index in [1.165, 1.54) is 6.20 Å². The number of nitrogens with zero attached hydrogens (tertiary/aromatic N) is 2. The Labute approximate surface area is 234 Å². The number of benzene rings is 2. The van der Waals surface area contributed by atoms with Crippen molar-refractivity contribution in [1.29, 1.82) is 5.41 Å². The lowest BCUT2D eigenvalue weighted by Gasteiger charge is -2.26. The van der Waals surface area contributed by atoms with E-state index in [0.717, 1.165) is 61.4 Å². The molecule has 0 fully saturated rings. The number of ether oxygens (including phenoxy) is 2. The third-order valence-corrected chi connectivity index (χ3v) is 6.13. The first-order chi connectivity index (χ1) is 19.2. The highest BCUT2D eigenvalue weighted by atomic mass is 19.4. The monoisotopic (exact) mass is 554 g/mol. The van der Waals surface area contributed by atoms with Gasteiger partial charge < -0.3 is 20.1 Å². The topological polar surface area (TPSA) is 84.5 Å². The van der Waals surface area contributed by atoms with Crippen LogP contribution in [0.25, 0.3) is 0 Å². The Bertz CT molecular complexity index is 1190. The summed E-state index contributed by atoms with van der Waals surface area (Å²) in [7, 11) is 0. The van der Waals surface area contributed by atoms with Gasteiger partial charge in [-0.25, -0.2) is 0 Å². The van der Waals surface area contributed by atoms with Gasteiger partial charge in [0.2, 0.25) is 0 Å². The summed E-state index contributed by atoms with van der Waals surface area (Å²) >= 11 is 0. The maximum atomic E-state index is 12.9. The highest BCUT2D eigenvalue weighted by Crippen LogP contribution is 2.36. The fourth-order valence-corrected chi connectivity index (χ4v) is 3.93. The fourth-order valence-electron chi connectivity index (χ4n) is 3.93. The Hall–Kier alpha value is -4.01. The molecule has 0 saturated heterocycles. The molecule has 6 nitrogen and oxygen atoms in total. The van der Waals surface area contributed by atoms with Gasteiger partial charge in [0.15, 0.2) is 0 Å². The molecule has 0 aliphatic heterocycles. The van der Waals surface area contributed by atoms with Gasteiger partial charge in [0, 0.05) is 23.3 Å². The standard InChI is InChI=1S/C31H37F3N4O2/c1-3-5-7-19-39-26-13-9-23(10-14-26)38(24-11-15-27(16-12-24)40-20-8-6-4-2)25-17-18-37-29(21-25)28(35)22-30(36)31(32,33)34/h9-18,21-22,35H,3-8,19-20,36H2,1-2H3. The number of pyridine rings is 1. The predicted molar refractivity (Wildman–Crippen MR) is 154 cm³/mol. The van der Waals surface area contributed by atoms with Gasteiger partial charge in [-0.2, -0.15) is 13.2 Å². The second-order valence-corrected chi connectivity index (χ2v) is 9.34. The maximum Gasteiger partial charge on any atom is 0.430 e. The Morgan fingerprint density at radius 1 is 0.825 bits per heavy atom. The first-order valence-corrected chi connectivity index (χ1v) is 13.6. The van der Waals surface area contributed by atoms with Gasteiger partial charge in [-0.05, 0) is 79.6 Å². The van der Waals surface area contributed by atoms with Crippen LogP contribution in [0, 0.1) is 5.41 Å². The van der Waals surface area contributed by atoms with Crippen molar-refractivity contribution in [2.45, 2.75) is 58.5 Å². The van der Waals surface area contributed by atoms with Crippen molar-refractivity contribution in [2.24, 2.45) is 5.73 Å². The van der Waals surface area contributed by atoms with Crippen molar-refractivity contribution in [3.8, 4) is 11.5 Å². The van der Waals surface area contributed by atoms with Crippen molar-refractivity contribution < 1.29 is 22.6 Å². The summed E-state index contributed by atoms with van der Waals surface area (Å²) in [4.78, 5) is 6.04. The van der Waals surface area contributed by atoms with Gasteiger partial charge in [-0.15, -0.1) is 0 Å². The molecule has 40 heavy (non-hydrogen) atoms. The van der Waals surface area contributed by atoms with E-state index in [-0.39, 0.29) is 5.69 Å². The third kappa shape index (κ3) is 9.03. The highest BCUT2D eigenvalue weighted by Gasteiger charge is 2.31. The van der Waals surface area contributed by atoms with Crippen molar-refractivity contribution in [3.63, 3.8) is 0 Å². The molecule has 1 heterocycles. The molecule has 0 amide bonds. The first-order valence-electron chi connectivity index (χ1n) is 13.6. The zero-order chi connectivity index (χ0) is 29.0. The molecule has 0 spiro atoms. The molecule has 3 rings (SSSR count). The molecule has 3 aromatic rings. The fraction of sp³-hybridized carbons (Fsp3) is 0.355. The SMILES string of the molecule is CCCCCOc1ccc(N(c2ccc(OCCCCC)cc2)c2ccnc(C(=N)C=C(N)C(F)(F)F)c2)cc1. The summed E-state index contributed by atoms with van der Waals surface area (Å²) in [5.74, 6) is 1.50. The number of alkyl halides is 3. The van der Waals surface area contributed by atoms with E-state index < -0.39 is 17.6 Å². The van der Waals surface area contributed by atoms with E-state index in [4.69, 9.17) is 20.6 Å². The summed E-state index contributed by atoms with van der Waals surface area (Å²) in [6.45, 7) is 5.56. The number of hydrogen-bond donors (Lipinski definition) is 2. The molecule has 0 saturated carbocycles. The number of hydrogen-bond acceptors (Lipinski definition) is 6. The third-order valence-electron chi connectivity index (χ3n) is 6.13. The van der Waals surface area contributed by atoms with Crippen LogP contribution in [0.3, 0.4) is 0 Å². The lowest BCUT2D eigenvalue weighted by Crippen LogP contribution is -2.21. The Kier molecular flexibility index (Phi) is 11.4. The highest BCUT2D eigenvalue weighted by molar-refractivity contribution is 6.06.